The van der Waals surface area contributed by atoms with Crippen LogP contribution in [0, 0.1) is 90.7 Å². The summed E-state index contributed by atoms with van der Waals surface area (Å²) in [7, 11) is 0. The van der Waals surface area contributed by atoms with E-state index in [-0.39, 0.29) is 34.4 Å². The van der Waals surface area contributed by atoms with Crippen LogP contribution >= 0.6 is 0 Å². The zero-order valence-electron chi connectivity index (χ0n) is 21.9. The summed E-state index contributed by atoms with van der Waals surface area (Å²) in [6, 6.07) is 20.3. The monoisotopic (exact) mass is 522 g/mol. The van der Waals surface area contributed by atoms with Crippen molar-refractivity contribution >= 4 is 0 Å². The quantitative estimate of drug-likeness (QED) is 0.548. The smallest absolute Gasteiger partial charge is 0.191 e. The van der Waals surface area contributed by atoms with Crippen LogP contribution < -0.4 is 11.5 Å². The Morgan fingerprint density at radius 2 is 0.950 bits per heavy atom. The van der Waals surface area contributed by atoms with Crippen LogP contribution in [0.5, 0.6) is 0 Å². The van der Waals surface area contributed by atoms with Crippen molar-refractivity contribution in [1.29, 1.82) is 31.6 Å². The minimum atomic E-state index is -1.71. The second-order valence-corrected chi connectivity index (χ2v) is 10.9. The van der Waals surface area contributed by atoms with Gasteiger partial charge in [-0.25, -0.2) is 0 Å². The predicted molar refractivity (Wildman–Crippen MR) is 144 cm³/mol. The zero-order chi connectivity index (χ0) is 28.7. The van der Waals surface area contributed by atoms with Gasteiger partial charge in [0.1, 0.15) is 12.1 Å². The van der Waals surface area contributed by atoms with E-state index in [9.17, 15) is 31.6 Å². The Morgan fingerprint density at radius 3 is 1.25 bits per heavy atom. The molecular formula is C32H26N8. The maximum absolute atomic E-state index is 10.3. The molecule has 0 fully saturated rings. The number of allylic oxidation sites excluding steroid dienone is 8. The molecule has 0 aliphatic heterocycles. The molecule has 0 radical (unpaired) electrons. The van der Waals surface area contributed by atoms with Gasteiger partial charge < -0.3 is 11.5 Å². The van der Waals surface area contributed by atoms with Crippen LogP contribution in [-0.4, -0.2) is 0 Å². The molecule has 0 heterocycles. The van der Waals surface area contributed by atoms with Crippen molar-refractivity contribution in [3.05, 3.63) is 81.2 Å². The van der Waals surface area contributed by atoms with Gasteiger partial charge in [-0.1, -0.05) is 36.4 Å². The average molecular weight is 523 g/mol. The fraction of sp³-hybridized carbons (Fsp3) is 0.375. The summed E-state index contributed by atoms with van der Waals surface area (Å²) in [4.78, 5) is 0. The van der Waals surface area contributed by atoms with E-state index in [1.165, 1.54) is 0 Å². The number of nitrogens with zero attached hydrogens (tertiary/aromatic N) is 6. The molecule has 8 heteroatoms. The van der Waals surface area contributed by atoms with Crippen molar-refractivity contribution in [1.82, 2.24) is 0 Å². The number of benzene rings is 1. The number of rotatable bonds is 2. The van der Waals surface area contributed by atoms with Crippen molar-refractivity contribution < 1.29 is 0 Å². The summed E-state index contributed by atoms with van der Waals surface area (Å²) in [5.41, 5.74) is 12.8. The summed E-state index contributed by atoms with van der Waals surface area (Å²) < 4.78 is 0. The van der Waals surface area contributed by atoms with E-state index in [1.807, 2.05) is 36.4 Å². The van der Waals surface area contributed by atoms with Gasteiger partial charge >= 0.3 is 0 Å². The lowest BCUT2D eigenvalue weighted by molar-refractivity contribution is 0.313. The van der Waals surface area contributed by atoms with E-state index in [2.05, 4.69) is 36.4 Å². The Bertz CT molecular complexity index is 1510. The Kier molecular flexibility index (Phi) is 6.45. The molecule has 4 aliphatic rings. The van der Waals surface area contributed by atoms with E-state index < -0.39 is 22.7 Å². The number of hydrogen-bond acceptors (Lipinski definition) is 8. The molecule has 0 saturated heterocycles. The molecule has 4 atom stereocenters. The maximum atomic E-state index is 10.3. The molecule has 0 bridgehead atoms. The van der Waals surface area contributed by atoms with Gasteiger partial charge in [0, 0.05) is 11.8 Å². The van der Waals surface area contributed by atoms with Gasteiger partial charge in [-0.15, -0.1) is 0 Å². The Balaban J connectivity index is 1.67. The number of nitriles is 6. The first-order chi connectivity index (χ1) is 19.4. The van der Waals surface area contributed by atoms with Gasteiger partial charge in [0.2, 0.25) is 0 Å². The summed E-state index contributed by atoms with van der Waals surface area (Å²) in [6.07, 6.45) is 8.74. The number of fused-ring (bicyclic) bond motifs is 2. The Labute approximate surface area is 233 Å². The van der Waals surface area contributed by atoms with Crippen LogP contribution in [0.4, 0.5) is 0 Å². The molecule has 8 nitrogen and oxygen atoms in total. The van der Waals surface area contributed by atoms with Crippen LogP contribution in [-0.2, 0) is 0 Å². The molecule has 0 aromatic heterocycles. The Morgan fingerprint density at radius 1 is 0.600 bits per heavy atom. The van der Waals surface area contributed by atoms with E-state index in [0.29, 0.717) is 12.8 Å². The maximum Gasteiger partial charge on any atom is 0.191 e. The molecule has 4 N–H and O–H groups in total. The minimum absolute atomic E-state index is 0.0161. The van der Waals surface area contributed by atoms with E-state index in [1.54, 1.807) is 0 Å². The van der Waals surface area contributed by atoms with E-state index >= 15 is 0 Å². The van der Waals surface area contributed by atoms with Gasteiger partial charge in [0.25, 0.3) is 0 Å². The lowest BCUT2D eigenvalue weighted by Crippen LogP contribution is -2.43. The van der Waals surface area contributed by atoms with Crippen molar-refractivity contribution in [3.8, 4) is 36.4 Å². The third-order valence-corrected chi connectivity index (χ3v) is 9.25. The molecular weight excluding hydrogens is 496 g/mol. The van der Waals surface area contributed by atoms with Crippen molar-refractivity contribution in [2.45, 2.75) is 50.4 Å². The van der Waals surface area contributed by atoms with Crippen molar-refractivity contribution in [2.24, 2.45) is 34.1 Å². The van der Waals surface area contributed by atoms with Gasteiger partial charge in [0.15, 0.2) is 10.8 Å². The van der Waals surface area contributed by atoms with Gasteiger partial charge in [-0.2, -0.15) is 31.6 Å². The molecule has 0 unspecified atom stereocenters. The summed E-state index contributed by atoms with van der Waals surface area (Å²) in [5.74, 6) is -1.64. The number of nitrogens with two attached hydrogens (primary N) is 2. The molecule has 0 spiro atoms. The average Bonchev–Trinajstić information content (AvgIpc) is 3.00. The highest BCUT2D eigenvalue weighted by molar-refractivity contribution is 5.61. The van der Waals surface area contributed by atoms with Crippen molar-refractivity contribution in [3.63, 3.8) is 0 Å². The summed E-state index contributed by atoms with van der Waals surface area (Å²) in [5, 5.41) is 61.0. The van der Waals surface area contributed by atoms with Crippen LogP contribution in [0.3, 0.4) is 0 Å². The molecule has 1 aromatic carbocycles. The SMILES string of the molecule is N#CC1=C(N)C(C#N)(C#N)[C@H](c2ccc([C@H]3[C@@H]4CCCC=C4C(C#N)=C(N)C3(C#N)C#N)cc2)[C@@H]2CCCC=C12. The molecule has 5 rings (SSSR count). The first-order valence-electron chi connectivity index (χ1n) is 13.3. The molecule has 1 aromatic rings. The first kappa shape index (κ1) is 26.3. The fourth-order valence-electron chi connectivity index (χ4n) is 7.41. The third kappa shape index (κ3) is 3.38. The largest absolute Gasteiger partial charge is 0.399 e. The standard InChI is InChI=1S/C32H26N8/c33-13-25-21-5-1-3-7-23(21)27(31(15-35,16-36)29(25)39)19-9-11-20(12-10-19)28-24-8-4-2-6-22(24)26(14-34)30(40)32(28,17-37)18-38/h5-6,9-12,23-24,27-28H,1-4,7-8,39-40H2/t23-,24-,27-,28+/m1/s1. The number of hydrogen-bond donors (Lipinski definition) is 2. The molecule has 4 aliphatic carbocycles. The first-order valence-corrected chi connectivity index (χ1v) is 13.3. The lowest BCUT2D eigenvalue weighted by atomic mass is 9.55. The fourth-order valence-corrected chi connectivity index (χ4v) is 7.41. The van der Waals surface area contributed by atoms with E-state index in [0.717, 1.165) is 48.0 Å². The Hall–Kier alpha value is -5.28. The molecule has 0 amide bonds. The highest BCUT2D eigenvalue weighted by Crippen LogP contribution is 2.58. The van der Waals surface area contributed by atoms with Crippen LogP contribution in [0.15, 0.2) is 70.1 Å². The van der Waals surface area contributed by atoms with Gasteiger partial charge in [-0.3, -0.25) is 0 Å². The summed E-state index contributed by atoms with van der Waals surface area (Å²) >= 11 is 0. The van der Waals surface area contributed by atoms with Gasteiger partial charge in [0.05, 0.1) is 46.8 Å². The minimum Gasteiger partial charge on any atom is -0.399 e. The van der Waals surface area contributed by atoms with Crippen LogP contribution in [0.2, 0.25) is 0 Å². The molecule has 194 valence electrons. The lowest BCUT2D eigenvalue weighted by Gasteiger charge is -2.44. The van der Waals surface area contributed by atoms with Crippen molar-refractivity contribution in [2.75, 3.05) is 0 Å². The second kappa shape index (κ2) is 9.79. The zero-order valence-corrected chi connectivity index (χ0v) is 21.9. The predicted octanol–water partition coefficient (Wildman–Crippen LogP) is 4.87. The summed E-state index contributed by atoms with van der Waals surface area (Å²) in [6.45, 7) is 0. The second-order valence-electron chi connectivity index (χ2n) is 10.9. The highest BCUT2D eigenvalue weighted by atomic mass is 14.7. The molecule has 0 saturated carbocycles. The van der Waals surface area contributed by atoms with E-state index in [4.69, 9.17) is 11.5 Å². The topological polar surface area (TPSA) is 195 Å². The normalized spacial score (nSPS) is 27.9. The van der Waals surface area contributed by atoms with Gasteiger partial charge in [-0.05, 0) is 72.6 Å². The highest BCUT2D eigenvalue weighted by Gasteiger charge is 2.55. The van der Waals surface area contributed by atoms with Crippen LogP contribution in [0.25, 0.3) is 0 Å². The molecule has 40 heavy (non-hydrogen) atoms. The van der Waals surface area contributed by atoms with Crippen LogP contribution in [0.1, 0.15) is 61.5 Å². The third-order valence-electron chi connectivity index (χ3n) is 9.25.